The molecular formula is C32H49BrO2S. The van der Waals surface area contributed by atoms with Crippen molar-refractivity contribution in [3.8, 4) is 0 Å². The number of allylic oxidation sites excluding steroid dienone is 13. The Morgan fingerprint density at radius 3 is 1.86 bits per heavy atom. The molecular weight excluding hydrogens is 528 g/mol. The van der Waals surface area contributed by atoms with Crippen LogP contribution in [0.15, 0.2) is 94.0 Å². The molecule has 0 aliphatic heterocycles. The van der Waals surface area contributed by atoms with Crippen LogP contribution in [0, 0.1) is 0 Å². The van der Waals surface area contributed by atoms with Gasteiger partial charge >= 0.3 is 0 Å². The van der Waals surface area contributed by atoms with Gasteiger partial charge < -0.3 is 0 Å². The van der Waals surface area contributed by atoms with E-state index in [1.54, 1.807) is 31.2 Å². The quantitative estimate of drug-likeness (QED) is 0.0979. The van der Waals surface area contributed by atoms with E-state index >= 15 is 0 Å². The van der Waals surface area contributed by atoms with E-state index in [2.05, 4.69) is 81.4 Å². The average molecular weight is 578 g/mol. The predicted octanol–water partition coefficient (Wildman–Crippen LogP) is 10.3. The number of halogens is 1. The van der Waals surface area contributed by atoms with Gasteiger partial charge in [-0.15, -0.1) is 0 Å². The van der Waals surface area contributed by atoms with Crippen molar-refractivity contribution < 1.29 is 8.42 Å². The van der Waals surface area contributed by atoms with Gasteiger partial charge in [-0.05, 0) is 99.5 Å². The molecule has 0 aliphatic rings. The molecule has 0 aromatic carbocycles. The summed E-state index contributed by atoms with van der Waals surface area (Å²) in [5.41, 5.74) is 6.30. The molecule has 0 N–H and O–H groups in total. The molecule has 2 nitrogen and oxygen atoms in total. The van der Waals surface area contributed by atoms with Gasteiger partial charge in [0.05, 0.1) is 10.2 Å². The highest BCUT2D eigenvalue weighted by Crippen LogP contribution is 2.25. The van der Waals surface area contributed by atoms with Crippen LogP contribution >= 0.6 is 15.9 Å². The van der Waals surface area contributed by atoms with Gasteiger partial charge in [0.1, 0.15) is 0 Å². The lowest BCUT2D eigenvalue weighted by atomic mass is 10.0. The maximum absolute atomic E-state index is 13.6. The maximum Gasteiger partial charge on any atom is 0.184 e. The Hall–Kier alpha value is -1.65. The summed E-state index contributed by atoms with van der Waals surface area (Å²) in [6, 6.07) is 0. The lowest BCUT2D eigenvalue weighted by Gasteiger charge is -2.17. The van der Waals surface area contributed by atoms with Crippen LogP contribution < -0.4 is 0 Å². The van der Waals surface area contributed by atoms with Gasteiger partial charge in [-0.3, -0.25) is 0 Å². The van der Waals surface area contributed by atoms with E-state index < -0.39 is 15.1 Å². The standard InChI is InChI=1S/C32H49BrO2S/c1-9-11-21-31(10-2)36(34,35)32(25-30(8)20-14-18-28(6)22-23-33)24-29(7)19-13-17-27(5)16-12-15-26(3)4/h9-11,15,17,20-22,24,32H,1,12-14,16,18-19,23,25H2,2-8H3/b21-11-,27-17+,28-22+,29-24+,30-20+,31-10+. The van der Waals surface area contributed by atoms with Crippen LogP contribution in [-0.4, -0.2) is 19.0 Å². The zero-order chi connectivity index (χ0) is 27.6. The van der Waals surface area contributed by atoms with E-state index in [9.17, 15) is 8.42 Å². The second-order valence-electron chi connectivity index (χ2n) is 9.79. The second-order valence-corrected chi connectivity index (χ2v) is 12.6. The van der Waals surface area contributed by atoms with E-state index in [0.29, 0.717) is 11.3 Å². The lowest BCUT2D eigenvalue weighted by molar-refractivity contribution is 0.594. The highest BCUT2D eigenvalue weighted by Gasteiger charge is 2.26. The van der Waals surface area contributed by atoms with Gasteiger partial charge in [-0.1, -0.05) is 99.0 Å². The molecule has 1 unspecified atom stereocenters. The first-order valence-electron chi connectivity index (χ1n) is 13.0. The minimum Gasteiger partial charge on any atom is -0.223 e. The molecule has 36 heavy (non-hydrogen) atoms. The summed E-state index contributed by atoms with van der Waals surface area (Å²) in [4.78, 5) is 0.343. The number of hydrogen-bond donors (Lipinski definition) is 0. The van der Waals surface area contributed by atoms with Gasteiger partial charge in [-0.2, -0.15) is 0 Å². The molecule has 4 heteroatoms. The molecule has 0 radical (unpaired) electrons. The van der Waals surface area contributed by atoms with E-state index in [4.69, 9.17) is 0 Å². The molecule has 0 spiro atoms. The summed E-state index contributed by atoms with van der Waals surface area (Å²) in [5.74, 6) is 0. The Bertz CT molecular complexity index is 995. The van der Waals surface area contributed by atoms with Crippen LogP contribution in [0.1, 0.15) is 93.4 Å². The zero-order valence-electron chi connectivity index (χ0n) is 23.7. The molecule has 0 fully saturated rings. The normalized spacial score (nSPS) is 15.4. The molecule has 0 aromatic rings. The van der Waals surface area contributed by atoms with Crippen molar-refractivity contribution in [3.63, 3.8) is 0 Å². The molecule has 0 amide bonds. The first kappa shape index (κ1) is 34.4. The van der Waals surface area contributed by atoms with Crippen molar-refractivity contribution in [2.24, 2.45) is 0 Å². The van der Waals surface area contributed by atoms with Crippen LogP contribution in [0.5, 0.6) is 0 Å². The summed E-state index contributed by atoms with van der Waals surface area (Å²) < 4.78 is 27.2. The van der Waals surface area contributed by atoms with Crippen molar-refractivity contribution in [2.45, 2.75) is 98.7 Å². The van der Waals surface area contributed by atoms with Crippen LogP contribution in [0.4, 0.5) is 0 Å². The van der Waals surface area contributed by atoms with Crippen molar-refractivity contribution >= 4 is 25.8 Å². The third-order valence-corrected chi connectivity index (χ3v) is 8.43. The maximum atomic E-state index is 13.6. The zero-order valence-corrected chi connectivity index (χ0v) is 26.1. The molecule has 202 valence electrons. The summed E-state index contributed by atoms with van der Waals surface area (Å²) in [6.45, 7) is 18.1. The third-order valence-electron chi connectivity index (χ3n) is 5.98. The van der Waals surface area contributed by atoms with E-state index in [1.807, 2.05) is 13.0 Å². The fourth-order valence-corrected chi connectivity index (χ4v) is 6.16. The van der Waals surface area contributed by atoms with Gasteiger partial charge in [0, 0.05) is 5.33 Å². The molecule has 0 saturated heterocycles. The highest BCUT2D eigenvalue weighted by molar-refractivity contribution is 9.09. The summed E-state index contributed by atoms with van der Waals surface area (Å²) in [5, 5.41) is 0.275. The Morgan fingerprint density at radius 2 is 1.33 bits per heavy atom. The Balaban J connectivity index is 5.69. The van der Waals surface area contributed by atoms with Gasteiger partial charge in [0.2, 0.25) is 0 Å². The summed E-state index contributed by atoms with van der Waals surface area (Å²) in [7, 11) is -3.52. The predicted molar refractivity (Wildman–Crippen MR) is 166 cm³/mol. The summed E-state index contributed by atoms with van der Waals surface area (Å²) >= 11 is 3.44. The van der Waals surface area contributed by atoms with Crippen molar-refractivity contribution in [1.82, 2.24) is 0 Å². The molecule has 0 bridgehead atoms. The van der Waals surface area contributed by atoms with E-state index in [-0.39, 0.29) is 0 Å². The lowest BCUT2D eigenvalue weighted by Crippen LogP contribution is -2.21. The van der Waals surface area contributed by atoms with Crippen molar-refractivity contribution in [2.75, 3.05) is 5.33 Å². The molecule has 0 saturated carbocycles. The number of sulfone groups is 1. The number of rotatable bonds is 17. The number of hydrogen-bond acceptors (Lipinski definition) is 2. The second kappa shape index (κ2) is 19.5. The fourth-order valence-electron chi connectivity index (χ4n) is 3.77. The molecule has 1 atom stereocenters. The molecule has 0 aromatic heterocycles. The first-order valence-corrected chi connectivity index (χ1v) is 15.7. The van der Waals surface area contributed by atoms with E-state index in [0.717, 1.165) is 55.0 Å². The minimum atomic E-state index is -3.52. The highest BCUT2D eigenvalue weighted by atomic mass is 79.9. The Morgan fingerprint density at radius 1 is 0.806 bits per heavy atom. The minimum absolute atomic E-state index is 0.343. The largest absolute Gasteiger partial charge is 0.223 e. The molecule has 0 heterocycles. The van der Waals surface area contributed by atoms with Crippen molar-refractivity contribution in [3.05, 3.63) is 94.0 Å². The SMILES string of the molecule is C=C/C=C\C(=C/C)S(=O)(=O)C(/C=C(\C)CC/C=C(\C)CCC=C(C)C)C/C(C)=C/CC/C(C)=C/CBr. The van der Waals surface area contributed by atoms with Crippen LogP contribution in [0.25, 0.3) is 0 Å². The van der Waals surface area contributed by atoms with Crippen LogP contribution in [0.3, 0.4) is 0 Å². The molecule has 0 rings (SSSR count). The van der Waals surface area contributed by atoms with Crippen molar-refractivity contribution in [1.29, 1.82) is 0 Å². The first-order chi connectivity index (χ1) is 17.0. The Labute approximate surface area is 231 Å². The van der Waals surface area contributed by atoms with Gasteiger partial charge in [-0.25, -0.2) is 8.42 Å². The van der Waals surface area contributed by atoms with Crippen LogP contribution in [-0.2, 0) is 9.84 Å². The Kier molecular flexibility index (Phi) is 18.6. The smallest absolute Gasteiger partial charge is 0.184 e. The fraction of sp³-hybridized carbons (Fsp3) is 0.500. The monoisotopic (exact) mass is 576 g/mol. The van der Waals surface area contributed by atoms with Gasteiger partial charge in [0.15, 0.2) is 9.84 Å². The summed E-state index contributed by atoms with van der Waals surface area (Å²) in [6.07, 6.45) is 23.8. The van der Waals surface area contributed by atoms with Gasteiger partial charge in [0.25, 0.3) is 0 Å². The van der Waals surface area contributed by atoms with Crippen LogP contribution in [0.2, 0.25) is 0 Å². The average Bonchev–Trinajstić information content (AvgIpc) is 2.79. The third kappa shape index (κ3) is 15.5. The molecule has 0 aliphatic carbocycles. The number of alkyl halides is 1. The van der Waals surface area contributed by atoms with E-state index in [1.165, 1.54) is 16.7 Å². The topological polar surface area (TPSA) is 34.1 Å².